The van der Waals surface area contributed by atoms with Gasteiger partial charge in [0.2, 0.25) is 23.6 Å². The molecule has 8 rings (SSSR count). The van der Waals surface area contributed by atoms with E-state index in [0.717, 1.165) is 17.2 Å². The molecule has 0 saturated heterocycles. The minimum Gasteiger partial charge on any atom is -0.423 e. The van der Waals surface area contributed by atoms with E-state index < -0.39 is 54.2 Å². The Morgan fingerprint density at radius 2 is 0.630 bits per heavy atom. The van der Waals surface area contributed by atoms with Gasteiger partial charge in [-0.15, -0.1) is 0 Å². The summed E-state index contributed by atoms with van der Waals surface area (Å²) < 4.78 is 0.596. The lowest BCUT2D eigenvalue weighted by atomic mass is 9.79. The maximum atomic E-state index is 11.2. The van der Waals surface area contributed by atoms with Crippen LogP contribution in [0.2, 0.25) is 0 Å². The summed E-state index contributed by atoms with van der Waals surface area (Å²) in [5.74, 6) is -1.63. The lowest BCUT2D eigenvalue weighted by molar-refractivity contribution is -0.384. The van der Waals surface area contributed by atoms with Crippen LogP contribution in [0.25, 0.3) is 33.4 Å². The minimum absolute atomic E-state index is 0.0237. The summed E-state index contributed by atoms with van der Waals surface area (Å²) in [6, 6.07) is 35.5. The molecule has 0 aliphatic heterocycles. The highest BCUT2D eigenvalue weighted by Gasteiger charge is 2.25. The molecule has 0 radical (unpaired) electrons. The van der Waals surface area contributed by atoms with Crippen molar-refractivity contribution in [3.63, 3.8) is 0 Å². The molecule has 8 aromatic rings. The third kappa shape index (κ3) is 20.7. The lowest BCUT2D eigenvalue weighted by Crippen LogP contribution is -2.32. The smallest absolute Gasteiger partial charge is 0.423 e. The van der Waals surface area contributed by atoms with E-state index in [1.54, 1.807) is 30.3 Å². The van der Waals surface area contributed by atoms with Crippen molar-refractivity contribution < 1.29 is 58.8 Å². The number of benzene rings is 8. The Bertz CT molecular complexity index is 4030. The molecule has 0 aromatic heterocycles. The monoisotopic (exact) mass is 1330 g/mol. The number of nitrogens with one attached hydrogen (secondary N) is 4. The maximum Gasteiger partial charge on any atom is 0.495 e. The highest BCUT2D eigenvalue weighted by atomic mass is 79.9. The van der Waals surface area contributed by atoms with Crippen molar-refractivity contribution in [1.82, 2.24) is 0 Å². The molecule has 0 unspecified atom stereocenters. The molecule has 0 heterocycles. The molecule has 0 fully saturated rings. The Morgan fingerprint density at radius 1 is 0.348 bits per heavy atom. The van der Waals surface area contributed by atoms with E-state index in [-0.39, 0.29) is 79.8 Å². The van der Waals surface area contributed by atoms with Crippen molar-refractivity contribution in [2.45, 2.75) is 27.7 Å². The molecule has 36 heteroatoms. The quantitative estimate of drug-likeness (QED) is 0.0209. The molecule has 0 atom stereocenters. The molecule has 18 N–H and O–H groups in total. The van der Waals surface area contributed by atoms with Gasteiger partial charge >= 0.3 is 7.12 Å². The van der Waals surface area contributed by atoms with Crippen LogP contribution in [-0.2, 0) is 19.2 Å². The van der Waals surface area contributed by atoms with E-state index in [1.807, 2.05) is 24.3 Å². The number of nitro benzene ring substituents is 6. The predicted octanol–water partition coefficient (Wildman–Crippen LogP) is 8.65. The van der Waals surface area contributed by atoms with Crippen LogP contribution in [0.5, 0.6) is 0 Å². The normalized spacial score (nSPS) is 9.99. The summed E-state index contributed by atoms with van der Waals surface area (Å²) >= 11 is 3.11. The fourth-order valence-corrected chi connectivity index (χ4v) is 8.09. The number of anilines is 10. The number of hydrogen-bond acceptors (Lipinski definition) is 24. The molecular weight excluding hydrogens is 1280 g/mol. The van der Waals surface area contributed by atoms with Gasteiger partial charge in [-0.25, -0.2) is 0 Å². The van der Waals surface area contributed by atoms with Gasteiger partial charge in [-0.1, -0.05) is 58.4 Å². The number of carbonyl (C=O) groups excluding carboxylic acids is 4. The van der Waals surface area contributed by atoms with E-state index in [2.05, 4.69) is 37.2 Å². The van der Waals surface area contributed by atoms with Crippen LogP contribution in [0.15, 0.2) is 150 Å². The van der Waals surface area contributed by atoms with Gasteiger partial charge in [0.1, 0.15) is 28.4 Å². The molecule has 4 amide bonds. The standard InChI is InChI=1S/C16H14N4O6.C12H10N4O4.C12H14N4.C8H9BN2O5.C8H7BrN2O3/c1-9(21)17-13-5-3-11(7-15(13)19(23)24)12-4-6-14(18-10(2)22)16(8-12)20(25)26;13-9-3-1-7(5-11(9)15(17)18)8-2-4-10(14)12(6-8)16(19)20;13-9-3-1-7(5-11(9)15)8-2-4-10(14)12(16)6-8;1-5(12)10-6-2-3-7(9(13)14)8(4-6)11(15)16;1-5(12)10-7-3-2-6(9)4-8(7)11(13)14/h3-8H,1-2H3,(H,17,21)(H,18,22);1-6H,13-14H2;1-6H,13-16H2;2-4,13-14H,1H3,(H,10,12);2-4H,1H3,(H,10,12). The summed E-state index contributed by atoms with van der Waals surface area (Å²) in [5, 5.41) is 92.6. The fourth-order valence-electron chi connectivity index (χ4n) is 7.74. The first kappa shape index (κ1) is 71.8. The molecule has 0 aliphatic rings. The number of nitrogen functional groups attached to an aromatic ring is 6. The SMILES string of the molecule is CC(=O)Nc1ccc(-c2ccc(NC(C)=O)c([N+](=O)[O-])c2)cc1[N+](=O)[O-].CC(=O)Nc1ccc(B(O)O)c([N+](=O)[O-])c1.CC(=O)Nc1ccc(Br)cc1[N+](=O)[O-].Nc1ccc(-c2ccc(N)c(N)c2)cc1N.Nc1ccc(-c2ccc(N)c([N+](=O)[O-])c2)cc1[N+](=O)[O-]. The summed E-state index contributed by atoms with van der Waals surface area (Å²) in [4.78, 5) is 105. The van der Waals surface area contributed by atoms with Gasteiger partial charge in [0.05, 0.1) is 57.8 Å². The molecule has 0 aliphatic carbocycles. The van der Waals surface area contributed by atoms with E-state index >= 15 is 0 Å². The van der Waals surface area contributed by atoms with Crippen LogP contribution >= 0.6 is 15.9 Å². The molecule has 92 heavy (non-hydrogen) atoms. The Labute approximate surface area is 527 Å². The van der Waals surface area contributed by atoms with Crippen LogP contribution in [0, 0.1) is 60.7 Å². The maximum absolute atomic E-state index is 11.2. The van der Waals surface area contributed by atoms with Gasteiger partial charge in [-0.2, -0.15) is 0 Å². The molecular formula is C56H54BBrN16O18. The number of carbonyl (C=O) groups is 4. The van der Waals surface area contributed by atoms with E-state index in [0.29, 0.717) is 49.5 Å². The highest BCUT2D eigenvalue weighted by molar-refractivity contribution is 9.10. The second-order valence-electron chi connectivity index (χ2n) is 18.8. The van der Waals surface area contributed by atoms with Gasteiger partial charge < -0.3 is 65.7 Å². The van der Waals surface area contributed by atoms with Crippen molar-refractivity contribution in [3.8, 4) is 33.4 Å². The van der Waals surface area contributed by atoms with Crippen LogP contribution in [-0.4, -0.2) is 70.3 Å². The lowest BCUT2D eigenvalue weighted by Gasteiger charge is -2.08. The Hall–Kier alpha value is -12.7. The zero-order valence-corrected chi connectivity index (χ0v) is 50.0. The van der Waals surface area contributed by atoms with E-state index in [1.165, 1.54) is 113 Å². The van der Waals surface area contributed by atoms with Crippen LogP contribution < -0.4 is 61.1 Å². The number of hydrogen-bond donors (Lipinski definition) is 12. The summed E-state index contributed by atoms with van der Waals surface area (Å²) in [5.41, 5.74) is 38.2. The van der Waals surface area contributed by atoms with E-state index in [4.69, 9.17) is 44.5 Å². The van der Waals surface area contributed by atoms with Crippen molar-refractivity contribution in [2.75, 3.05) is 55.7 Å². The second-order valence-corrected chi connectivity index (χ2v) is 19.7. The third-order valence-electron chi connectivity index (χ3n) is 11.9. The van der Waals surface area contributed by atoms with Crippen molar-refractivity contribution in [3.05, 3.63) is 211 Å². The average Bonchev–Trinajstić information content (AvgIpc) is 0.850. The van der Waals surface area contributed by atoms with Crippen molar-refractivity contribution >= 4 is 143 Å². The second kappa shape index (κ2) is 32.3. The van der Waals surface area contributed by atoms with Gasteiger partial charge in [0.15, 0.2) is 0 Å². The molecule has 34 nitrogen and oxygen atoms in total. The first-order chi connectivity index (χ1) is 43.1. The Balaban J connectivity index is 0.000000250. The first-order valence-electron chi connectivity index (χ1n) is 25.7. The summed E-state index contributed by atoms with van der Waals surface area (Å²) in [6.45, 7) is 5.01. The molecule has 0 bridgehead atoms. The van der Waals surface area contributed by atoms with Crippen LogP contribution in [0.1, 0.15) is 27.7 Å². The topological polar surface area (TPSA) is 572 Å². The van der Waals surface area contributed by atoms with Crippen molar-refractivity contribution in [2.24, 2.45) is 0 Å². The summed E-state index contributed by atoms with van der Waals surface area (Å²) in [6.07, 6.45) is 0. The van der Waals surface area contributed by atoms with Gasteiger partial charge in [-0.3, -0.25) is 79.9 Å². The van der Waals surface area contributed by atoms with Crippen molar-refractivity contribution in [1.29, 1.82) is 0 Å². The number of halogens is 1. The minimum atomic E-state index is -1.92. The van der Waals surface area contributed by atoms with E-state index in [9.17, 15) is 79.9 Å². The number of nitrogens with two attached hydrogens (primary N) is 6. The van der Waals surface area contributed by atoms with Gasteiger partial charge in [0, 0.05) is 74.3 Å². The average molecular weight is 1330 g/mol. The summed E-state index contributed by atoms with van der Waals surface area (Å²) in [7, 11) is -1.92. The Morgan fingerprint density at radius 3 is 0.935 bits per heavy atom. The highest BCUT2D eigenvalue weighted by Crippen LogP contribution is 2.37. The number of nitro groups is 6. The number of amides is 4. The van der Waals surface area contributed by atoms with Crippen LogP contribution in [0.3, 0.4) is 0 Å². The zero-order chi connectivity index (χ0) is 69.0. The number of rotatable bonds is 14. The van der Waals surface area contributed by atoms with Gasteiger partial charge in [-0.05, 0) is 100 Å². The molecule has 0 saturated carbocycles. The largest absolute Gasteiger partial charge is 0.495 e. The molecule has 476 valence electrons. The third-order valence-corrected chi connectivity index (χ3v) is 12.4. The Kier molecular flexibility index (Phi) is 25.2. The van der Waals surface area contributed by atoms with Crippen LogP contribution in [0.4, 0.5) is 91.0 Å². The first-order valence-corrected chi connectivity index (χ1v) is 26.5. The predicted molar refractivity (Wildman–Crippen MR) is 350 cm³/mol. The number of nitrogens with zero attached hydrogens (tertiary/aromatic N) is 6. The zero-order valence-electron chi connectivity index (χ0n) is 48.4. The molecule has 8 aromatic carbocycles. The molecule has 0 spiro atoms. The van der Waals surface area contributed by atoms with Gasteiger partial charge in [0.25, 0.3) is 34.1 Å². The fraction of sp³-hybridized carbons (Fsp3) is 0.0714.